The standard InChI is InChI=1S/C16H21N3/c1-2-5-14(6-3-1)12-18-15-7-4-8-16(11-15)19-10-9-17-13-19/h4,7-11,13-14,18H,1-3,5-6,12H2. The Labute approximate surface area is 114 Å². The zero-order valence-corrected chi connectivity index (χ0v) is 11.3. The predicted molar refractivity (Wildman–Crippen MR) is 78.6 cm³/mol. The number of hydrogen-bond donors (Lipinski definition) is 1. The average molecular weight is 255 g/mol. The predicted octanol–water partition coefficient (Wildman–Crippen LogP) is 3.86. The van der Waals surface area contributed by atoms with Crippen molar-refractivity contribution in [3.05, 3.63) is 43.0 Å². The topological polar surface area (TPSA) is 29.9 Å². The molecule has 0 aliphatic heterocycles. The number of anilines is 1. The second-order valence-corrected chi connectivity index (χ2v) is 5.41. The number of nitrogens with one attached hydrogen (secondary N) is 1. The molecule has 1 N–H and O–H groups in total. The molecular weight excluding hydrogens is 234 g/mol. The lowest BCUT2D eigenvalue weighted by Gasteiger charge is -2.22. The molecule has 3 rings (SSSR count). The van der Waals surface area contributed by atoms with E-state index in [9.17, 15) is 0 Å². The second-order valence-electron chi connectivity index (χ2n) is 5.41. The molecule has 0 saturated heterocycles. The van der Waals surface area contributed by atoms with Crippen molar-refractivity contribution >= 4 is 5.69 Å². The first-order chi connectivity index (χ1) is 9.42. The van der Waals surface area contributed by atoms with Gasteiger partial charge in [0.1, 0.15) is 0 Å². The van der Waals surface area contributed by atoms with Gasteiger partial charge in [0.05, 0.1) is 6.33 Å². The van der Waals surface area contributed by atoms with Crippen LogP contribution in [0.15, 0.2) is 43.0 Å². The lowest BCUT2D eigenvalue weighted by molar-refractivity contribution is 0.373. The highest BCUT2D eigenvalue weighted by molar-refractivity contribution is 5.51. The Morgan fingerprint density at radius 3 is 2.89 bits per heavy atom. The van der Waals surface area contributed by atoms with Gasteiger partial charge in [0.2, 0.25) is 0 Å². The van der Waals surface area contributed by atoms with Gasteiger partial charge in [0.25, 0.3) is 0 Å². The molecule has 1 saturated carbocycles. The molecule has 0 radical (unpaired) electrons. The molecule has 0 bridgehead atoms. The van der Waals surface area contributed by atoms with Crippen molar-refractivity contribution in [3.63, 3.8) is 0 Å². The Balaban J connectivity index is 1.63. The van der Waals surface area contributed by atoms with Gasteiger partial charge < -0.3 is 9.88 Å². The van der Waals surface area contributed by atoms with Crippen LogP contribution in [0.5, 0.6) is 0 Å². The Hall–Kier alpha value is -1.77. The van der Waals surface area contributed by atoms with Crippen molar-refractivity contribution in [1.29, 1.82) is 0 Å². The molecule has 0 spiro atoms. The molecule has 1 heterocycles. The maximum Gasteiger partial charge on any atom is 0.0991 e. The molecule has 1 fully saturated rings. The molecular formula is C16H21N3. The minimum absolute atomic E-state index is 0.852. The van der Waals surface area contributed by atoms with Gasteiger partial charge >= 0.3 is 0 Å². The molecule has 1 aromatic carbocycles. The van der Waals surface area contributed by atoms with Crippen molar-refractivity contribution in [2.75, 3.05) is 11.9 Å². The van der Waals surface area contributed by atoms with E-state index in [2.05, 4.69) is 34.6 Å². The smallest absolute Gasteiger partial charge is 0.0991 e. The molecule has 0 unspecified atom stereocenters. The third-order valence-corrected chi connectivity index (χ3v) is 3.97. The van der Waals surface area contributed by atoms with E-state index in [0.29, 0.717) is 0 Å². The lowest BCUT2D eigenvalue weighted by Crippen LogP contribution is -2.17. The van der Waals surface area contributed by atoms with Crippen molar-refractivity contribution in [2.24, 2.45) is 5.92 Å². The third kappa shape index (κ3) is 3.16. The first-order valence-corrected chi connectivity index (χ1v) is 7.24. The fourth-order valence-corrected chi connectivity index (χ4v) is 2.84. The summed E-state index contributed by atoms with van der Waals surface area (Å²) in [4.78, 5) is 4.09. The zero-order chi connectivity index (χ0) is 12.9. The van der Waals surface area contributed by atoms with Gasteiger partial charge in [0, 0.05) is 30.3 Å². The normalized spacial score (nSPS) is 16.4. The Bertz CT molecular complexity index is 498. The van der Waals surface area contributed by atoms with Crippen LogP contribution in [0.4, 0.5) is 5.69 Å². The highest BCUT2D eigenvalue weighted by Crippen LogP contribution is 2.24. The van der Waals surface area contributed by atoms with Gasteiger partial charge in [-0.05, 0) is 37.0 Å². The van der Waals surface area contributed by atoms with Crippen molar-refractivity contribution in [3.8, 4) is 5.69 Å². The molecule has 1 aromatic heterocycles. The van der Waals surface area contributed by atoms with Gasteiger partial charge in [0.15, 0.2) is 0 Å². The van der Waals surface area contributed by atoms with E-state index in [1.54, 1.807) is 0 Å². The molecule has 3 nitrogen and oxygen atoms in total. The van der Waals surface area contributed by atoms with Gasteiger partial charge in [-0.1, -0.05) is 25.3 Å². The van der Waals surface area contributed by atoms with Crippen LogP contribution in [0.2, 0.25) is 0 Å². The molecule has 2 aromatic rings. The molecule has 0 atom stereocenters. The van der Waals surface area contributed by atoms with E-state index in [-0.39, 0.29) is 0 Å². The van der Waals surface area contributed by atoms with Crippen LogP contribution in [0, 0.1) is 5.92 Å². The Kier molecular flexibility index (Phi) is 3.82. The third-order valence-electron chi connectivity index (χ3n) is 3.97. The maximum absolute atomic E-state index is 4.09. The SMILES string of the molecule is c1cc(NCC2CCCCC2)cc(-n2ccnc2)c1. The highest BCUT2D eigenvalue weighted by Gasteiger charge is 2.12. The van der Waals surface area contributed by atoms with Crippen LogP contribution in [0.3, 0.4) is 0 Å². The minimum Gasteiger partial charge on any atom is -0.385 e. The minimum atomic E-state index is 0.852. The van der Waals surface area contributed by atoms with E-state index in [1.165, 1.54) is 37.8 Å². The summed E-state index contributed by atoms with van der Waals surface area (Å²) in [5.74, 6) is 0.852. The first kappa shape index (κ1) is 12.3. The van der Waals surface area contributed by atoms with Gasteiger partial charge in [-0.3, -0.25) is 0 Å². The number of hydrogen-bond acceptors (Lipinski definition) is 2. The van der Waals surface area contributed by atoms with E-state index >= 15 is 0 Å². The Morgan fingerprint density at radius 2 is 2.11 bits per heavy atom. The van der Waals surface area contributed by atoms with Gasteiger partial charge in [-0.25, -0.2) is 4.98 Å². The highest BCUT2D eigenvalue weighted by atomic mass is 15.0. The molecule has 0 amide bonds. The number of aromatic nitrogens is 2. The largest absolute Gasteiger partial charge is 0.385 e. The maximum atomic E-state index is 4.09. The average Bonchev–Trinajstić information content (AvgIpc) is 3.01. The van der Waals surface area contributed by atoms with Crippen molar-refractivity contribution < 1.29 is 0 Å². The Morgan fingerprint density at radius 1 is 1.21 bits per heavy atom. The second kappa shape index (κ2) is 5.91. The number of rotatable bonds is 4. The summed E-state index contributed by atoms with van der Waals surface area (Å²) in [6, 6.07) is 8.53. The summed E-state index contributed by atoms with van der Waals surface area (Å²) < 4.78 is 2.03. The lowest BCUT2D eigenvalue weighted by atomic mass is 9.89. The number of imidazole rings is 1. The van der Waals surface area contributed by atoms with Crippen LogP contribution in [0.1, 0.15) is 32.1 Å². The van der Waals surface area contributed by atoms with Crippen LogP contribution in [-0.2, 0) is 0 Å². The molecule has 1 aliphatic carbocycles. The fourth-order valence-electron chi connectivity index (χ4n) is 2.84. The molecule has 19 heavy (non-hydrogen) atoms. The number of benzene rings is 1. The fraction of sp³-hybridized carbons (Fsp3) is 0.438. The first-order valence-electron chi connectivity index (χ1n) is 7.24. The molecule has 100 valence electrons. The van der Waals surface area contributed by atoms with Crippen LogP contribution in [-0.4, -0.2) is 16.1 Å². The van der Waals surface area contributed by atoms with E-state index in [4.69, 9.17) is 0 Å². The van der Waals surface area contributed by atoms with Crippen LogP contribution < -0.4 is 5.32 Å². The van der Waals surface area contributed by atoms with Crippen molar-refractivity contribution in [1.82, 2.24) is 9.55 Å². The van der Waals surface area contributed by atoms with E-state index < -0.39 is 0 Å². The summed E-state index contributed by atoms with van der Waals surface area (Å²) in [7, 11) is 0. The number of nitrogens with zero attached hydrogens (tertiary/aromatic N) is 2. The van der Waals surface area contributed by atoms with Crippen molar-refractivity contribution in [2.45, 2.75) is 32.1 Å². The summed E-state index contributed by atoms with van der Waals surface area (Å²) in [6.45, 7) is 1.10. The summed E-state index contributed by atoms with van der Waals surface area (Å²) in [6.07, 6.45) is 12.6. The monoisotopic (exact) mass is 255 g/mol. The van der Waals surface area contributed by atoms with Crippen LogP contribution in [0.25, 0.3) is 5.69 Å². The zero-order valence-electron chi connectivity index (χ0n) is 11.3. The van der Waals surface area contributed by atoms with Crippen LogP contribution >= 0.6 is 0 Å². The summed E-state index contributed by atoms with van der Waals surface area (Å²) in [5.41, 5.74) is 2.36. The summed E-state index contributed by atoms with van der Waals surface area (Å²) >= 11 is 0. The van der Waals surface area contributed by atoms with Gasteiger partial charge in [-0.15, -0.1) is 0 Å². The van der Waals surface area contributed by atoms with Gasteiger partial charge in [-0.2, -0.15) is 0 Å². The quantitative estimate of drug-likeness (QED) is 0.899. The van der Waals surface area contributed by atoms with E-state index in [0.717, 1.165) is 18.2 Å². The molecule has 1 aliphatic rings. The van der Waals surface area contributed by atoms with E-state index in [1.807, 2.05) is 23.3 Å². The summed E-state index contributed by atoms with van der Waals surface area (Å²) in [5, 5.41) is 3.58. The molecule has 3 heteroatoms.